The molecule has 1 aromatic carbocycles. The van der Waals surface area contributed by atoms with Crippen LogP contribution in [0.15, 0.2) is 30.5 Å². The molecule has 1 unspecified atom stereocenters. The lowest BCUT2D eigenvalue weighted by Crippen LogP contribution is -2.31. The van der Waals surface area contributed by atoms with Gasteiger partial charge in [-0.1, -0.05) is 24.6 Å². The number of fused-ring (bicyclic) bond motifs is 1. The fourth-order valence-corrected chi connectivity index (χ4v) is 2.74. The number of carboxylic acids is 1. The van der Waals surface area contributed by atoms with Gasteiger partial charge in [-0.05, 0) is 31.7 Å². The molecule has 2 N–H and O–H groups in total. The molecule has 0 aliphatic heterocycles. The number of carbonyl (C=O) groups is 1. The van der Waals surface area contributed by atoms with Crippen molar-refractivity contribution in [3.8, 4) is 0 Å². The van der Waals surface area contributed by atoms with Gasteiger partial charge in [0.2, 0.25) is 0 Å². The van der Waals surface area contributed by atoms with Crippen molar-refractivity contribution in [1.29, 1.82) is 0 Å². The summed E-state index contributed by atoms with van der Waals surface area (Å²) < 4.78 is 0. The third kappa shape index (κ3) is 2.22. The van der Waals surface area contributed by atoms with Gasteiger partial charge in [-0.2, -0.15) is 0 Å². The van der Waals surface area contributed by atoms with Gasteiger partial charge in [-0.25, -0.2) is 4.79 Å². The normalized spacial score (nSPS) is 16.6. The molecule has 1 fully saturated rings. The highest BCUT2D eigenvalue weighted by Gasteiger charge is 2.25. The van der Waals surface area contributed by atoms with Crippen molar-refractivity contribution >= 4 is 22.6 Å². The highest BCUT2D eigenvalue weighted by molar-refractivity contribution is 6.04. The largest absolute Gasteiger partial charge is 0.478 e. The Morgan fingerprint density at radius 1 is 1.40 bits per heavy atom. The number of aromatic nitrogens is 1. The number of para-hydroxylation sites is 1. The molecule has 0 saturated heterocycles. The number of anilines is 1. The molecule has 2 aromatic rings. The van der Waals surface area contributed by atoms with Gasteiger partial charge in [0.15, 0.2) is 0 Å². The van der Waals surface area contributed by atoms with Crippen molar-refractivity contribution in [2.24, 2.45) is 5.92 Å². The van der Waals surface area contributed by atoms with E-state index >= 15 is 0 Å². The predicted molar refractivity (Wildman–Crippen MR) is 79.1 cm³/mol. The molecule has 3 rings (SSSR count). The fourth-order valence-electron chi connectivity index (χ4n) is 2.74. The summed E-state index contributed by atoms with van der Waals surface area (Å²) in [4.78, 5) is 15.6. The molecule has 20 heavy (non-hydrogen) atoms. The Labute approximate surface area is 117 Å². The van der Waals surface area contributed by atoms with Gasteiger partial charge in [0, 0.05) is 17.6 Å². The zero-order chi connectivity index (χ0) is 14.1. The smallest absolute Gasteiger partial charge is 0.339 e. The standard InChI is InChI=1S/C16H18N2O2/c1-10(11-5-4-6-11)18-15-12-7-2-3-8-14(12)17-9-13(15)16(19)20/h2-3,7-11H,4-6H2,1H3,(H,17,18)(H,19,20). The van der Waals surface area contributed by atoms with Crippen LogP contribution in [0.5, 0.6) is 0 Å². The molecule has 1 aliphatic carbocycles. The topological polar surface area (TPSA) is 62.2 Å². The van der Waals surface area contributed by atoms with Crippen LogP contribution in [0.2, 0.25) is 0 Å². The molecule has 1 heterocycles. The summed E-state index contributed by atoms with van der Waals surface area (Å²) in [6.45, 7) is 2.13. The predicted octanol–water partition coefficient (Wildman–Crippen LogP) is 3.53. The monoisotopic (exact) mass is 270 g/mol. The van der Waals surface area contributed by atoms with E-state index in [0.29, 0.717) is 11.6 Å². The number of rotatable bonds is 4. The molecule has 4 heteroatoms. The molecule has 0 bridgehead atoms. The zero-order valence-corrected chi connectivity index (χ0v) is 11.5. The molecule has 4 nitrogen and oxygen atoms in total. The van der Waals surface area contributed by atoms with Crippen LogP contribution in [0.4, 0.5) is 5.69 Å². The first kappa shape index (κ1) is 12.9. The van der Waals surface area contributed by atoms with Gasteiger partial charge in [0.1, 0.15) is 5.56 Å². The lowest BCUT2D eigenvalue weighted by molar-refractivity contribution is 0.0697. The van der Waals surface area contributed by atoms with Crippen LogP contribution < -0.4 is 5.32 Å². The van der Waals surface area contributed by atoms with Gasteiger partial charge in [0.25, 0.3) is 0 Å². The summed E-state index contributed by atoms with van der Waals surface area (Å²) in [5.74, 6) is -0.296. The summed E-state index contributed by atoms with van der Waals surface area (Å²) >= 11 is 0. The zero-order valence-electron chi connectivity index (χ0n) is 11.5. The highest BCUT2D eigenvalue weighted by Crippen LogP contribution is 2.33. The molecule has 1 aliphatic rings. The van der Waals surface area contributed by atoms with E-state index in [1.807, 2.05) is 24.3 Å². The quantitative estimate of drug-likeness (QED) is 0.892. The second-order valence-electron chi connectivity index (χ2n) is 5.49. The van der Waals surface area contributed by atoms with Crippen molar-refractivity contribution in [3.63, 3.8) is 0 Å². The van der Waals surface area contributed by atoms with E-state index in [0.717, 1.165) is 10.9 Å². The Balaban J connectivity index is 2.04. The molecule has 1 saturated carbocycles. The SMILES string of the molecule is CC(Nc1c(C(=O)O)cnc2ccccc12)C1CCC1. The Bertz CT molecular complexity index is 650. The van der Waals surface area contributed by atoms with Crippen molar-refractivity contribution in [2.45, 2.75) is 32.2 Å². The van der Waals surface area contributed by atoms with Crippen LogP contribution in [0.25, 0.3) is 10.9 Å². The second-order valence-corrected chi connectivity index (χ2v) is 5.49. The van der Waals surface area contributed by atoms with E-state index in [2.05, 4.69) is 17.2 Å². The first-order valence-electron chi connectivity index (χ1n) is 7.04. The summed E-state index contributed by atoms with van der Waals surface area (Å²) in [6, 6.07) is 7.93. The minimum atomic E-state index is -0.938. The van der Waals surface area contributed by atoms with Gasteiger partial charge in [0.05, 0.1) is 11.2 Å². The third-order valence-electron chi connectivity index (χ3n) is 4.23. The minimum Gasteiger partial charge on any atom is -0.478 e. The Morgan fingerprint density at radius 3 is 2.80 bits per heavy atom. The van der Waals surface area contributed by atoms with E-state index in [1.165, 1.54) is 25.5 Å². The van der Waals surface area contributed by atoms with Gasteiger partial charge in [-0.3, -0.25) is 4.98 Å². The van der Waals surface area contributed by atoms with E-state index in [1.54, 1.807) is 0 Å². The first-order chi connectivity index (χ1) is 9.66. The van der Waals surface area contributed by atoms with Crippen molar-refractivity contribution in [2.75, 3.05) is 5.32 Å². The van der Waals surface area contributed by atoms with Crippen molar-refractivity contribution in [3.05, 3.63) is 36.0 Å². The van der Waals surface area contributed by atoms with Gasteiger partial charge >= 0.3 is 5.97 Å². The van der Waals surface area contributed by atoms with E-state index in [9.17, 15) is 9.90 Å². The fraction of sp³-hybridized carbons (Fsp3) is 0.375. The second kappa shape index (κ2) is 5.12. The average Bonchev–Trinajstić information content (AvgIpc) is 2.36. The van der Waals surface area contributed by atoms with Crippen LogP contribution in [0.1, 0.15) is 36.5 Å². The number of pyridine rings is 1. The van der Waals surface area contributed by atoms with Crippen molar-refractivity contribution in [1.82, 2.24) is 4.98 Å². The first-order valence-corrected chi connectivity index (χ1v) is 7.04. The van der Waals surface area contributed by atoms with Gasteiger partial charge in [-0.15, -0.1) is 0 Å². The summed E-state index contributed by atoms with van der Waals surface area (Å²) in [6.07, 6.45) is 5.17. The van der Waals surface area contributed by atoms with Crippen LogP contribution in [-0.2, 0) is 0 Å². The maximum absolute atomic E-state index is 11.4. The van der Waals surface area contributed by atoms with Crippen LogP contribution in [-0.4, -0.2) is 22.1 Å². The Morgan fingerprint density at radius 2 is 2.15 bits per heavy atom. The van der Waals surface area contributed by atoms with Crippen LogP contribution >= 0.6 is 0 Å². The Kier molecular flexibility index (Phi) is 3.30. The van der Waals surface area contributed by atoms with E-state index in [-0.39, 0.29) is 11.6 Å². The van der Waals surface area contributed by atoms with E-state index < -0.39 is 5.97 Å². The maximum Gasteiger partial charge on any atom is 0.339 e. The van der Waals surface area contributed by atoms with Crippen molar-refractivity contribution < 1.29 is 9.90 Å². The average molecular weight is 270 g/mol. The summed E-state index contributed by atoms with van der Waals surface area (Å²) in [5.41, 5.74) is 1.76. The number of hydrogen-bond acceptors (Lipinski definition) is 3. The summed E-state index contributed by atoms with van der Waals surface area (Å²) in [5, 5.41) is 13.7. The molecule has 0 spiro atoms. The molecular formula is C16H18N2O2. The Hall–Kier alpha value is -2.10. The minimum absolute atomic E-state index is 0.245. The molecular weight excluding hydrogens is 252 g/mol. The molecule has 0 radical (unpaired) electrons. The number of aromatic carboxylic acids is 1. The lowest BCUT2D eigenvalue weighted by atomic mass is 9.80. The molecule has 104 valence electrons. The number of nitrogens with zero attached hydrogens (tertiary/aromatic N) is 1. The molecule has 1 atom stereocenters. The summed E-state index contributed by atoms with van der Waals surface area (Å²) in [7, 11) is 0. The highest BCUT2D eigenvalue weighted by atomic mass is 16.4. The number of nitrogens with one attached hydrogen (secondary N) is 1. The van der Waals surface area contributed by atoms with E-state index in [4.69, 9.17) is 0 Å². The third-order valence-corrected chi connectivity index (χ3v) is 4.23. The molecule has 0 amide bonds. The molecule has 1 aromatic heterocycles. The number of hydrogen-bond donors (Lipinski definition) is 2. The van der Waals surface area contributed by atoms with Crippen LogP contribution in [0.3, 0.4) is 0 Å². The number of benzene rings is 1. The lowest BCUT2D eigenvalue weighted by Gasteiger charge is -2.33. The van der Waals surface area contributed by atoms with Crippen LogP contribution in [0, 0.1) is 5.92 Å². The number of carboxylic acid groups (broad SMARTS) is 1. The maximum atomic E-state index is 11.4. The van der Waals surface area contributed by atoms with Gasteiger partial charge < -0.3 is 10.4 Å².